The van der Waals surface area contributed by atoms with Crippen LogP contribution in [-0.2, 0) is 13.1 Å². The van der Waals surface area contributed by atoms with Gasteiger partial charge in [0, 0.05) is 18.7 Å². The summed E-state index contributed by atoms with van der Waals surface area (Å²) in [5, 5.41) is 6.19. The fourth-order valence-corrected chi connectivity index (χ4v) is 2.53. The summed E-state index contributed by atoms with van der Waals surface area (Å²) in [6.07, 6.45) is 0. The van der Waals surface area contributed by atoms with Gasteiger partial charge in [0.05, 0.1) is 12.8 Å². The number of anilines is 1. The van der Waals surface area contributed by atoms with Crippen molar-refractivity contribution in [2.45, 2.75) is 20.0 Å². The molecule has 4 heteroatoms. The minimum absolute atomic E-state index is 0.119. The zero-order valence-electron chi connectivity index (χ0n) is 12.2. The lowest BCUT2D eigenvalue weighted by molar-refractivity contribution is 0.102. The highest BCUT2D eigenvalue weighted by atomic mass is 16.5. The molecule has 1 heterocycles. The Morgan fingerprint density at radius 2 is 1.95 bits per heavy atom. The molecular weight excluding hydrogens is 264 g/mol. The second-order valence-corrected chi connectivity index (χ2v) is 5.24. The third-order valence-corrected chi connectivity index (χ3v) is 3.70. The number of hydrogen-bond donors (Lipinski definition) is 2. The largest absolute Gasteiger partial charge is 0.495 e. The van der Waals surface area contributed by atoms with E-state index in [4.69, 9.17) is 4.74 Å². The van der Waals surface area contributed by atoms with Crippen LogP contribution in [0.4, 0.5) is 5.69 Å². The lowest BCUT2D eigenvalue weighted by Crippen LogP contribution is -2.13. The molecule has 0 unspecified atom stereocenters. The third kappa shape index (κ3) is 2.76. The second kappa shape index (κ2) is 5.58. The molecule has 0 saturated heterocycles. The molecule has 0 fully saturated rings. The van der Waals surface area contributed by atoms with E-state index in [2.05, 4.69) is 10.6 Å². The minimum Gasteiger partial charge on any atom is -0.495 e. The van der Waals surface area contributed by atoms with Crippen LogP contribution in [0.3, 0.4) is 0 Å². The maximum Gasteiger partial charge on any atom is 0.255 e. The molecule has 4 nitrogen and oxygen atoms in total. The van der Waals surface area contributed by atoms with Crippen LogP contribution in [0.5, 0.6) is 5.75 Å². The molecule has 1 amide bonds. The fourth-order valence-electron chi connectivity index (χ4n) is 2.53. The molecule has 108 valence electrons. The van der Waals surface area contributed by atoms with Gasteiger partial charge < -0.3 is 15.4 Å². The summed E-state index contributed by atoms with van der Waals surface area (Å²) in [5.41, 5.74) is 4.90. The molecule has 0 aromatic heterocycles. The van der Waals surface area contributed by atoms with Gasteiger partial charge in [-0.25, -0.2) is 0 Å². The van der Waals surface area contributed by atoms with E-state index >= 15 is 0 Å². The number of rotatable bonds is 3. The Morgan fingerprint density at radius 3 is 2.76 bits per heavy atom. The highest BCUT2D eigenvalue weighted by molar-refractivity contribution is 6.05. The molecule has 0 saturated carbocycles. The van der Waals surface area contributed by atoms with Gasteiger partial charge in [-0.1, -0.05) is 12.1 Å². The van der Waals surface area contributed by atoms with E-state index in [1.165, 1.54) is 11.1 Å². The molecule has 2 aromatic rings. The Balaban J connectivity index is 1.83. The molecule has 0 spiro atoms. The van der Waals surface area contributed by atoms with Crippen molar-refractivity contribution in [1.82, 2.24) is 5.32 Å². The average Bonchev–Trinajstić information content (AvgIpc) is 2.96. The van der Waals surface area contributed by atoms with Crippen LogP contribution in [0.25, 0.3) is 0 Å². The van der Waals surface area contributed by atoms with Crippen LogP contribution in [0.15, 0.2) is 36.4 Å². The SMILES string of the molecule is COc1cc(C)ccc1NC(=O)c1ccc2c(c1)CNC2. The summed E-state index contributed by atoms with van der Waals surface area (Å²) in [6.45, 7) is 3.69. The van der Waals surface area contributed by atoms with Crippen molar-refractivity contribution in [2.24, 2.45) is 0 Å². The number of carbonyl (C=O) groups is 1. The number of ether oxygens (including phenoxy) is 1. The number of carbonyl (C=O) groups excluding carboxylic acids is 1. The van der Waals surface area contributed by atoms with Gasteiger partial charge >= 0.3 is 0 Å². The molecule has 2 N–H and O–H groups in total. The van der Waals surface area contributed by atoms with Crippen molar-refractivity contribution in [3.05, 3.63) is 58.7 Å². The fraction of sp³-hybridized carbons (Fsp3) is 0.235. The smallest absolute Gasteiger partial charge is 0.255 e. The molecular formula is C17H18N2O2. The van der Waals surface area contributed by atoms with Gasteiger partial charge in [0.15, 0.2) is 0 Å². The van der Waals surface area contributed by atoms with Gasteiger partial charge in [0.2, 0.25) is 0 Å². The van der Waals surface area contributed by atoms with Gasteiger partial charge in [-0.15, -0.1) is 0 Å². The molecule has 1 aliphatic heterocycles. The predicted octanol–water partition coefficient (Wildman–Crippen LogP) is 2.86. The standard InChI is InChI=1S/C17H18N2O2/c1-11-3-6-15(16(7-11)21-2)19-17(20)12-4-5-13-9-18-10-14(13)8-12/h3-8,18H,9-10H2,1-2H3,(H,19,20). The van der Waals surface area contributed by atoms with Crippen LogP contribution >= 0.6 is 0 Å². The van der Waals surface area contributed by atoms with E-state index in [0.29, 0.717) is 17.0 Å². The third-order valence-electron chi connectivity index (χ3n) is 3.70. The van der Waals surface area contributed by atoms with Gasteiger partial charge in [-0.05, 0) is 47.9 Å². The Bertz CT molecular complexity index is 695. The maximum atomic E-state index is 12.4. The van der Waals surface area contributed by atoms with Gasteiger partial charge in [-0.2, -0.15) is 0 Å². The predicted molar refractivity (Wildman–Crippen MR) is 82.7 cm³/mol. The first-order valence-corrected chi connectivity index (χ1v) is 6.96. The van der Waals surface area contributed by atoms with Crippen LogP contribution in [-0.4, -0.2) is 13.0 Å². The summed E-state index contributed by atoms with van der Waals surface area (Å²) < 4.78 is 5.31. The van der Waals surface area contributed by atoms with E-state index in [0.717, 1.165) is 18.7 Å². The van der Waals surface area contributed by atoms with Crippen molar-refractivity contribution in [2.75, 3.05) is 12.4 Å². The average molecular weight is 282 g/mol. The number of hydrogen-bond acceptors (Lipinski definition) is 3. The van der Waals surface area contributed by atoms with E-state index in [-0.39, 0.29) is 5.91 Å². The Morgan fingerprint density at radius 1 is 1.14 bits per heavy atom. The summed E-state index contributed by atoms with van der Waals surface area (Å²) in [7, 11) is 1.60. The van der Waals surface area contributed by atoms with Crippen molar-refractivity contribution >= 4 is 11.6 Å². The number of amides is 1. The molecule has 0 radical (unpaired) electrons. The molecule has 21 heavy (non-hydrogen) atoms. The van der Waals surface area contributed by atoms with Crippen molar-refractivity contribution in [3.63, 3.8) is 0 Å². The Labute approximate surface area is 124 Å². The first kappa shape index (κ1) is 13.6. The number of benzene rings is 2. The van der Waals surface area contributed by atoms with E-state index in [1.54, 1.807) is 7.11 Å². The van der Waals surface area contributed by atoms with Crippen molar-refractivity contribution in [1.29, 1.82) is 0 Å². The second-order valence-electron chi connectivity index (χ2n) is 5.24. The normalized spacial score (nSPS) is 12.9. The van der Waals surface area contributed by atoms with E-state index in [9.17, 15) is 4.79 Å². The first-order valence-electron chi connectivity index (χ1n) is 6.96. The van der Waals surface area contributed by atoms with Crippen LogP contribution in [0.2, 0.25) is 0 Å². The summed E-state index contributed by atoms with van der Waals surface area (Å²) in [4.78, 5) is 12.4. The number of aryl methyl sites for hydroxylation is 1. The van der Waals surface area contributed by atoms with Crippen LogP contribution in [0, 0.1) is 6.92 Å². The zero-order chi connectivity index (χ0) is 14.8. The van der Waals surface area contributed by atoms with Crippen LogP contribution < -0.4 is 15.4 Å². The number of nitrogens with one attached hydrogen (secondary N) is 2. The molecule has 0 atom stereocenters. The number of fused-ring (bicyclic) bond motifs is 1. The Kier molecular flexibility index (Phi) is 3.62. The Hall–Kier alpha value is -2.33. The summed E-state index contributed by atoms with van der Waals surface area (Å²) in [6, 6.07) is 11.5. The molecule has 0 bridgehead atoms. The zero-order valence-corrected chi connectivity index (χ0v) is 12.2. The highest BCUT2D eigenvalue weighted by Crippen LogP contribution is 2.26. The number of methoxy groups -OCH3 is 1. The summed E-state index contributed by atoms with van der Waals surface area (Å²) >= 11 is 0. The molecule has 2 aromatic carbocycles. The van der Waals surface area contributed by atoms with Crippen molar-refractivity contribution in [3.8, 4) is 5.75 Å². The summed E-state index contributed by atoms with van der Waals surface area (Å²) in [5.74, 6) is 0.554. The van der Waals surface area contributed by atoms with Gasteiger partial charge in [0.1, 0.15) is 5.75 Å². The monoisotopic (exact) mass is 282 g/mol. The minimum atomic E-state index is -0.119. The quantitative estimate of drug-likeness (QED) is 0.910. The topological polar surface area (TPSA) is 50.4 Å². The van der Waals surface area contributed by atoms with Crippen LogP contribution in [0.1, 0.15) is 27.0 Å². The lowest BCUT2D eigenvalue weighted by atomic mass is 10.1. The molecule has 3 rings (SSSR count). The first-order chi connectivity index (χ1) is 10.2. The van der Waals surface area contributed by atoms with E-state index in [1.807, 2.05) is 43.3 Å². The molecule has 0 aliphatic carbocycles. The van der Waals surface area contributed by atoms with Gasteiger partial charge in [-0.3, -0.25) is 4.79 Å². The van der Waals surface area contributed by atoms with Crippen molar-refractivity contribution < 1.29 is 9.53 Å². The van der Waals surface area contributed by atoms with Gasteiger partial charge in [0.25, 0.3) is 5.91 Å². The maximum absolute atomic E-state index is 12.4. The highest BCUT2D eigenvalue weighted by Gasteiger charge is 2.14. The molecule has 1 aliphatic rings. The van der Waals surface area contributed by atoms with E-state index < -0.39 is 0 Å². The lowest BCUT2D eigenvalue weighted by Gasteiger charge is -2.11.